The molecule has 0 aliphatic heterocycles. The van der Waals surface area contributed by atoms with Crippen molar-refractivity contribution in [3.8, 4) is 5.75 Å². The molecule has 0 saturated carbocycles. The zero-order chi connectivity index (χ0) is 14.0. The number of hydrogen-bond acceptors (Lipinski definition) is 1. The number of ether oxygens (including phenoxy) is 1. The lowest BCUT2D eigenvalue weighted by Crippen LogP contribution is -1.96. The van der Waals surface area contributed by atoms with Crippen LogP contribution in [-0.2, 0) is 0 Å². The van der Waals surface area contributed by atoms with E-state index < -0.39 is 5.38 Å². The summed E-state index contributed by atoms with van der Waals surface area (Å²) >= 11 is 15.8. The van der Waals surface area contributed by atoms with Gasteiger partial charge in [0.2, 0.25) is 0 Å². The largest absolute Gasteiger partial charge is 0.495 e. The third-order valence-electron chi connectivity index (χ3n) is 2.70. The van der Waals surface area contributed by atoms with E-state index in [-0.39, 0.29) is 5.82 Å². The summed E-state index contributed by atoms with van der Waals surface area (Å²) in [6.45, 7) is 0. The molecule has 0 saturated heterocycles. The van der Waals surface area contributed by atoms with Crippen LogP contribution in [0, 0.1) is 5.82 Å². The van der Waals surface area contributed by atoms with E-state index in [4.69, 9.17) is 27.9 Å². The first-order chi connectivity index (χ1) is 9.02. The van der Waals surface area contributed by atoms with E-state index in [0.29, 0.717) is 15.2 Å². The lowest BCUT2D eigenvalue weighted by molar-refractivity contribution is 0.415. The SMILES string of the molecule is COc1ccc(C(Cl)c2ccc(F)cc2Br)cc1Cl. The molecule has 0 N–H and O–H groups in total. The molecule has 0 fully saturated rings. The summed E-state index contributed by atoms with van der Waals surface area (Å²) in [7, 11) is 1.55. The Bertz CT molecular complexity index is 604. The van der Waals surface area contributed by atoms with Crippen molar-refractivity contribution in [3.63, 3.8) is 0 Å². The Hall–Kier alpha value is -0.770. The summed E-state index contributed by atoms with van der Waals surface area (Å²) in [4.78, 5) is 0. The van der Waals surface area contributed by atoms with Crippen molar-refractivity contribution in [2.45, 2.75) is 5.38 Å². The lowest BCUT2D eigenvalue weighted by atomic mass is 10.0. The Morgan fingerprint density at radius 2 is 1.95 bits per heavy atom. The van der Waals surface area contributed by atoms with Crippen molar-refractivity contribution >= 4 is 39.1 Å². The molecule has 0 heterocycles. The molecule has 0 aliphatic carbocycles. The van der Waals surface area contributed by atoms with Crippen molar-refractivity contribution < 1.29 is 9.13 Å². The van der Waals surface area contributed by atoms with Gasteiger partial charge in [-0.25, -0.2) is 4.39 Å². The van der Waals surface area contributed by atoms with Crippen LogP contribution in [0.3, 0.4) is 0 Å². The topological polar surface area (TPSA) is 9.23 Å². The van der Waals surface area contributed by atoms with Gasteiger partial charge in [0.05, 0.1) is 17.5 Å². The Balaban J connectivity index is 2.38. The first kappa shape index (κ1) is 14.6. The second-order valence-corrected chi connectivity index (χ2v) is 5.62. The predicted octanol–water partition coefficient (Wildman–Crippen LogP) is 5.58. The molecule has 5 heteroatoms. The van der Waals surface area contributed by atoms with E-state index in [9.17, 15) is 4.39 Å². The monoisotopic (exact) mass is 362 g/mol. The van der Waals surface area contributed by atoms with Gasteiger partial charge in [-0.1, -0.05) is 39.7 Å². The summed E-state index contributed by atoms with van der Waals surface area (Å²) < 4.78 is 18.8. The van der Waals surface area contributed by atoms with Crippen LogP contribution in [0.15, 0.2) is 40.9 Å². The molecule has 0 radical (unpaired) electrons. The minimum Gasteiger partial charge on any atom is -0.495 e. The number of halogens is 4. The van der Waals surface area contributed by atoms with Gasteiger partial charge >= 0.3 is 0 Å². The highest BCUT2D eigenvalue weighted by Gasteiger charge is 2.16. The number of rotatable bonds is 3. The summed E-state index contributed by atoms with van der Waals surface area (Å²) in [6.07, 6.45) is 0. The second-order valence-electron chi connectivity index (χ2n) is 3.92. The fraction of sp³-hybridized carbons (Fsp3) is 0.143. The summed E-state index contributed by atoms with van der Waals surface area (Å²) in [5.74, 6) is 0.278. The Kier molecular flexibility index (Phi) is 4.71. The molecular formula is C14H10BrCl2FO. The maximum atomic E-state index is 13.1. The molecule has 2 aromatic rings. The average Bonchev–Trinajstić information content (AvgIpc) is 2.38. The van der Waals surface area contributed by atoms with Crippen molar-refractivity contribution in [1.82, 2.24) is 0 Å². The Morgan fingerprint density at radius 3 is 2.53 bits per heavy atom. The summed E-state index contributed by atoms with van der Waals surface area (Å²) in [5.41, 5.74) is 1.60. The van der Waals surface area contributed by atoms with Crippen molar-refractivity contribution in [3.05, 3.63) is 62.8 Å². The first-order valence-corrected chi connectivity index (χ1v) is 7.06. The smallest absolute Gasteiger partial charge is 0.137 e. The second kappa shape index (κ2) is 6.12. The number of hydrogen-bond donors (Lipinski definition) is 0. The van der Waals surface area contributed by atoms with Crippen LogP contribution in [-0.4, -0.2) is 7.11 Å². The van der Waals surface area contributed by atoms with Crippen LogP contribution in [0.1, 0.15) is 16.5 Å². The van der Waals surface area contributed by atoms with Crippen molar-refractivity contribution in [1.29, 1.82) is 0 Å². The zero-order valence-corrected chi connectivity index (χ0v) is 13.1. The first-order valence-electron chi connectivity index (χ1n) is 5.45. The standard InChI is InChI=1S/C14H10BrCl2FO/c1-19-13-5-2-8(6-12(13)16)14(17)10-4-3-9(18)7-11(10)15/h2-7,14H,1H3. The molecule has 0 amide bonds. The molecule has 1 atom stereocenters. The minimum atomic E-state index is -0.418. The average molecular weight is 364 g/mol. The van der Waals surface area contributed by atoms with Crippen molar-refractivity contribution in [2.75, 3.05) is 7.11 Å². The van der Waals surface area contributed by atoms with E-state index in [1.807, 2.05) is 6.07 Å². The molecule has 0 bridgehead atoms. The van der Waals surface area contributed by atoms with Crippen LogP contribution in [0.2, 0.25) is 5.02 Å². The molecule has 100 valence electrons. The van der Waals surface area contributed by atoms with Crippen LogP contribution < -0.4 is 4.74 Å². The molecule has 19 heavy (non-hydrogen) atoms. The van der Waals surface area contributed by atoms with Crippen molar-refractivity contribution in [2.24, 2.45) is 0 Å². The fourth-order valence-electron chi connectivity index (χ4n) is 1.73. The van der Waals surface area contributed by atoms with Gasteiger partial charge in [0.15, 0.2) is 0 Å². The summed E-state index contributed by atoms with van der Waals surface area (Å²) in [6, 6.07) is 9.74. The van der Waals surface area contributed by atoms with Gasteiger partial charge < -0.3 is 4.74 Å². The minimum absolute atomic E-state index is 0.313. The molecule has 1 nitrogen and oxygen atoms in total. The van der Waals surface area contributed by atoms with Gasteiger partial charge in [-0.2, -0.15) is 0 Å². The van der Waals surface area contributed by atoms with E-state index in [0.717, 1.165) is 11.1 Å². The van der Waals surface area contributed by atoms with Gasteiger partial charge in [0, 0.05) is 4.47 Å². The van der Waals surface area contributed by atoms with E-state index >= 15 is 0 Å². The third-order valence-corrected chi connectivity index (χ3v) is 4.17. The maximum Gasteiger partial charge on any atom is 0.137 e. The van der Waals surface area contributed by atoms with Gasteiger partial charge in [-0.15, -0.1) is 11.6 Å². The van der Waals surface area contributed by atoms with Crippen LogP contribution in [0.5, 0.6) is 5.75 Å². The highest BCUT2D eigenvalue weighted by Crippen LogP contribution is 2.37. The number of benzene rings is 2. The van der Waals surface area contributed by atoms with E-state index in [1.165, 1.54) is 12.1 Å². The normalized spacial score (nSPS) is 12.3. The van der Waals surface area contributed by atoms with Crippen LogP contribution in [0.25, 0.3) is 0 Å². The fourth-order valence-corrected chi connectivity index (χ4v) is 3.03. The number of alkyl halides is 1. The van der Waals surface area contributed by atoms with Gasteiger partial charge in [0.1, 0.15) is 11.6 Å². The van der Waals surface area contributed by atoms with Crippen LogP contribution in [0.4, 0.5) is 4.39 Å². The molecule has 1 unspecified atom stereocenters. The quantitative estimate of drug-likeness (QED) is 0.647. The van der Waals surface area contributed by atoms with Gasteiger partial charge in [-0.05, 0) is 35.4 Å². The number of methoxy groups -OCH3 is 1. The lowest BCUT2D eigenvalue weighted by Gasteiger charge is -2.14. The predicted molar refractivity (Wildman–Crippen MR) is 79.8 cm³/mol. The molecule has 0 spiro atoms. The molecule has 0 aliphatic rings. The van der Waals surface area contributed by atoms with E-state index in [1.54, 1.807) is 25.3 Å². The van der Waals surface area contributed by atoms with Gasteiger partial charge in [0.25, 0.3) is 0 Å². The third kappa shape index (κ3) is 3.22. The molecule has 0 aromatic heterocycles. The maximum absolute atomic E-state index is 13.1. The highest BCUT2D eigenvalue weighted by molar-refractivity contribution is 9.10. The van der Waals surface area contributed by atoms with Crippen LogP contribution >= 0.6 is 39.1 Å². The van der Waals surface area contributed by atoms with Gasteiger partial charge in [-0.3, -0.25) is 0 Å². The Morgan fingerprint density at radius 1 is 1.21 bits per heavy atom. The molecule has 2 rings (SSSR count). The molecular weight excluding hydrogens is 354 g/mol. The van der Waals surface area contributed by atoms with E-state index in [2.05, 4.69) is 15.9 Å². The zero-order valence-electron chi connectivity index (χ0n) is 9.96. The highest BCUT2D eigenvalue weighted by atomic mass is 79.9. The summed E-state index contributed by atoms with van der Waals surface area (Å²) in [5, 5.41) is 0.0715. The molecule has 2 aromatic carbocycles. The Labute approximate surface area is 129 Å².